The number of aliphatic hydroxyl groups is 1. The van der Waals surface area contributed by atoms with Crippen LogP contribution in [-0.4, -0.2) is 59.3 Å². The van der Waals surface area contributed by atoms with Crippen LogP contribution >= 0.6 is 0 Å². The minimum atomic E-state index is -1.14. The highest BCUT2D eigenvalue weighted by Gasteiger charge is 2.30. The van der Waals surface area contributed by atoms with Crippen LogP contribution in [0.3, 0.4) is 0 Å². The number of aliphatic hydroxyl groups excluding tert-OH is 1. The molecule has 9 nitrogen and oxygen atoms in total. The fourth-order valence-corrected chi connectivity index (χ4v) is 2.06. The number of hydrogen-bond donors (Lipinski definition) is 6. The average molecular weight is 346 g/mol. The summed E-state index contributed by atoms with van der Waals surface area (Å²) in [6.07, 6.45) is 2.14. The molecule has 24 heavy (non-hydrogen) atoms. The first kappa shape index (κ1) is 22.3. The highest BCUT2D eigenvalue weighted by Crippen LogP contribution is 2.09. The van der Waals surface area contributed by atoms with E-state index in [0.29, 0.717) is 32.2 Å². The summed E-state index contributed by atoms with van der Waals surface area (Å²) >= 11 is 0. The number of amides is 2. The molecule has 4 unspecified atom stereocenters. The highest BCUT2D eigenvalue weighted by molar-refractivity contribution is 5.91. The summed E-state index contributed by atoms with van der Waals surface area (Å²) in [7, 11) is 0. The van der Waals surface area contributed by atoms with E-state index in [1.807, 2.05) is 6.92 Å². The predicted octanol–water partition coefficient (Wildman–Crippen LogP) is -1.46. The molecule has 0 spiro atoms. The van der Waals surface area contributed by atoms with Gasteiger partial charge in [-0.1, -0.05) is 20.3 Å². The molecule has 2 amide bonds. The topological polar surface area (TPSA) is 168 Å². The van der Waals surface area contributed by atoms with Gasteiger partial charge in [0.25, 0.3) is 0 Å². The Bertz CT molecular complexity index is 419. The van der Waals surface area contributed by atoms with Crippen molar-refractivity contribution >= 4 is 17.8 Å². The third kappa shape index (κ3) is 7.71. The van der Waals surface area contributed by atoms with E-state index in [0.717, 1.165) is 0 Å². The van der Waals surface area contributed by atoms with Crippen molar-refractivity contribution in [1.29, 1.82) is 0 Å². The molecule has 0 aliphatic heterocycles. The van der Waals surface area contributed by atoms with Crippen molar-refractivity contribution in [3.63, 3.8) is 0 Å². The van der Waals surface area contributed by atoms with E-state index >= 15 is 0 Å². The summed E-state index contributed by atoms with van der Waals surface area (Å²) in [5, 5.41) is 23.1. The van der Waals surface area contributed by atoms with Gasteiger partial charge in [0.1, 0.15) is 18.1 Å². The van der Waals surface area contributed by atoms with Gasteiger partial charge in [0.15, 0.2) is 0 Å². The normalized spacial score (nSPS) is 15.9. The standard InChI is InChI=1S/C15H30N4O5/c1-3-9(2)12(15(23)24)19-14(22)11(6-4-5-7-16)18-13(21)10(17)8-20/h9-12,20H,3-8,16-17H2,1-2H3,(H,18,21)(H,19,22)(H,23,24). The predicted molar refractivity (Wildman–Crippen MR) is 88.9 cm³/mol. The largest absolute Gasteiger partial charge is 0.480 e. The first-order valence-corrected chi connectivity index (χ1v) is 8.18. The van der Waals surface area contributed by atoms with Gasteiger partial charge in [-0.05, 0) is 31.7 Å². The van der Waals surface area contributed by atoms with Gasteiger partial charge in [-0.2, -0.15) is 0 Å². The van der Waals surface area contributed by atoms with E-state index in [4.69, 9.17) is 16.6 Å². The second-order valence-corrected chi connectivity index (χ2v) is 5.84. The quantitative estimate of drug-likeness (QED) is 0.235. The number of carboxylic acids is 1. The fraction of sp³-hybridized carbons (Fsp3) is 0.800. The van der Waals surface area contributed by atoms with Gasteiger partial charge < -0.3 is 32.3 Å². The zero-order chi connectivity index (χ0) is 18.7. The molecular formula is C15H30N4O5. The third-order valence-corrected chi connectivity index (χ3v) is 3.89. The Kier molecular flexibility index (Phi) is 10.9. The molecule has 140 valence electrons. The molecule has 0 saturated carbocycles. The number of carboxylic acid groups (broad SMARTS) is 1. The lowest BCUT2D eigenvalue weighted by Crippen LogP contribution is -2.56. The Morgan fingerprint density at radius 1 is 1.12 bits per heavy atom. The number of carbonyl (C=O) groups excluding carboxylic acids is 2. The lowest BCUT2D eigenvalue weighted by Gasteiger charge is -2.25. The molecule has 0 aliphatic carbocycles. The monoisotopic (exact) mass is 346 g/mol. The second-order valence-electron chi connectivity index (χ2n) is 5.84. The summed E-state index contributed by atoms with van der Waals surface area (Å²) in [6.45, 7) is 3.45. The zero-order valence-electron chi connectivity index (χ0n) is 14.3. The number of unbranched alkanes of at least 4 members (excludes halogenated alkanes) is 1. The summed E-state index contributed by atoms with van der Waals surface area (Å²) in [5.74, 6) is -2.64. The van der Waals surface area contributed by atoms with E-state index in [2.05, 4.69) is 10.6 Å². The van der Waals surface area contributed by atoms with Crippen LogP contribution in [0.2, 0.25) is 0 Å². The molecule has 0 saturated heterocycles. The molecular weight excluding hydrogens is 316 g/mol. The summed E-state index contributed by atoms with van der Waals surface area (Å²) in [4.78, 5) is 35.5. The van der Waals surface area contributed by atoms with Crippen LogP contribution in [0.4, 0.5) is 0 Å². The van der Waals surface area contributed by atoms with Crippen LogP contribution in [0.5, 0.6) is 0 Å². The molecule has 0 rings (SSSR count). The van der Waals surface area contributed by atoms with Crippen molar-refractivity contribution in [2.24, 2.45) is 17.4 Å². The fourth-order valence-electron chi connectivity index (χ4n) is 2.06. The van der Waals surface area contributed by atoms with E-state index in [1.165, 1.54) is 0 Å². The van der Waals surface area contributed by atoms with Crippen molar-refractivity contribution < 1.29 is 24.6 Å². The Labute approximate surface area is 142 Å². The zero-order valence-corrected chi connectivity index (χ0v) is 14.3. The molecule has 0 aromatic heterocycles. The van der Waals surface area contributed by atoms with Crippen molar-refractivity contribution in [3.05, 3.63) is 0 Å². The van der Waals surface area contributed by atoms with Crippen LogP contribution in [0.25, 0.3) is 0 Å². The van der Waals surface area contributed by atoms with Crippen molar-refractivity contribution in [2.45, 2.75) is 57.7 Å². The molecule has 0 radical (unpaired) electrons. The summed E-state index contributed by atoms with van der Waals surface area (Å²) < 4.78 is 0. The molecule has 4 atom stereocenters. The smallest absolute Gasteiger partial charge is 0.326 e. The van der Waals surface area contributed by atoms with Gasteiger partial charge in [-0.15, -0.1) is 0 Å². The molecule has 0 fully saturated rings. The number of nitrogens with one attached hydrogen (secondary N) is 2. The number of carbonyl (C=O) groups is 3. The number of nitrogens with two attached hydrogens (primary N) is 2. The van der Waals surface area contributed by atoms with Crippen LogP contribution in [0.15, 0.2) is 0 Å². The van der Waals surface area contributed by atoms with E-state index in [9.17, 15) is 19.5 Å². The average Bonchev–Trinajstić information content (AvgIpc) is 2.56. The van der Waals surface area contributed by atoms with Crippen molar-refractivity contribution in [1.82, 2.24) is 10.6 Å². The van der Waals surface area contributed by atoms with E-state index in [-0.39, 0.29) is 5.92 Å². The van der Waals surface area contributed by atoms with Crippen molar-refractivity contribution in [3.8, 4) is 0 Å². The Morgan fingerprint density at radius 2 is 1.75 bits per heavy atom. The van der Waals surface area contributed by atoms with E-state index in [1.54, 1.807) is 6.92 Å². The molecule has 8 N–H and O–H groups in total. The molecule has 0 bridgehead atoms. The number of rotatable bonds is 12. The van der Waals surface area contributed by atoms with Crippen LogP contribution < -0.4 is 22.1 Å². The molecule has 0 heterocycles. The van der Waals surface area contributed by atoms with Gasteiger partial charge in [-0.3, -0.25) is 9.59 Å². The maximum atomic E-state index is 12.4. The Hall–Kier alpha value is -1.71. The van der Waals surface area contributed by atoms with Gasteiger partial charge in [0.05, 0.1) is 6.61 Å². The molecule has 0 aromatic rings. The number of hydrogen-bond acceptors (Lipinski definition) is 6. The molecule has 0 aromatic carbocycles. The SMILES string of the molecule is CCC(C)C(NC(=O)C(CCCCN)NC(=O)C(N)CO)C(=O)O. The lowest BCUT2D eigenvalue weighted by atomic mass is 9.98. The summed E-state index contributed by atoms with van der Waals surface area (Å²) in [6, 6.07) is -3.10. The first-order chi connectivity index (χ1) is 11.3. The second kappa shape index (κ2) is 11.8. The maximum Gasteiger partial charge on any atom is 0.326 e. The van der Waals surface area contributed by atoms with Gasteiger partial charge >= 0.3 is 5.97 Å². The minimum Gasteiger partial charge on any atom is -0.480 e. The highest BCUT2D eigenvalue weighted by atomic mass is 16.4. The minimum absolute atomic E-state index is 0.258. The van der Waals surface area contributed by atoms with Gasteiger partial charge in [0, 0.05) is 0 Å². The van der Waals surface area contributed by atoms with Gasteiger partial charge in [0.2, 0.25) is 11.8 Å². The van der Waals surface area contributed by atoms with Crippen LogP contribution in [0.1, 0.15) is 39.5 Å². The Morgan fingerprint density at radius 3 is 2.21 bits per heavy atom. The Balaban J connectivity index is 4.99. The maximum absolute atomic E-state index is 12.4. The molecule has 9 heteroatoms. The van der Waals surface area contributed by atoms with Crippen LogP contribution in [-0.2, 0) is 14.4 Å². The number of aliphatic carboxylic acids is 1. The first-order valence-electron chi connectivity index (χ1n) is 8.18. The van der Waals surface area contributed by atoms with Crippen molar-refractivity contribution in [2.75, 3.05) is 13.2 Å². The third-order valence-electron chi connectivity index (χ3n) is 3.89. The van der Waals surface area contributed by atoms with Gasteiger partial charge in [-0.25, -0.2) is 4.79 Å². The molecule has 0 aliphatic rings. The summed E-state index contributed by atoms with van der Waals surface area (Å²) in [5.41, 5.74) is 10.9. The lowest BCUT2D eigenvalue weighted by molar-refractivity contribution is -0.143. The van der Waals surface area contributed by atoms with Crippen LogP contribution in [0, 0.1) is 5.92 Å². The van der Waals surface area contributed by atoms with E-state index < -0.39 is 42.5 Å².